The molecule has 1 amide bonds. The zero-order valence-corrected chi connectivity index (χ0v) is 26.9. The SMILES string of the molecule is C=C(CCCl)NCCCOCC(COCCCNC(=C)CCCl)(COCCCNC(=O)CCCl)NC(=C)CCCl. The van der Waals surface area contributed by atoms with Gasteiger partial charge in [0.2, 0.25) is 5.91 Å². The molecule has 0 atom stereocenters. The van der Waals surface area contributed by atoms with Gasteiger partial charge in [0.25, 0.3) is 0 Å². The first-order valence-corrected chi connectivity index (χ1v) is 16.0. The number of carbonyl (C=O) groups is 1. The average Bonchev–Trinajstić information content (AvgIpc) is 2.90. The average molecular weight is 649 g/mol. The number of carbonyl (C=O) groups excluding carboxylic acids is 1. The van der Waals surface area contributed by atoms with Crippen molar-refractivity contribution in [3.05, 3.63) is 36.8 Å². The van der Waals surface area contributed by atoms with Gasteiger partial charge in [-0.05, 0) is 19.3 Å². The molecule has 0 saturated carbocycles. The standard InChI is InChI=1S/C28H50Cl4N4O4/c1-24(7-11-29)33-15-4-18-38-21-28(36-26(3)9-13-31,22-39-19-5-16-34-25(2)8-12-30)23-40-20-6-17-35-27(37)10-14-32/h33-34,36H,1-23H2,(H,35,37). The Morgan fingerprint density at radius 1 is 0.575 bits per heavy atom. The molecule has 12 heteroatoms. The van der Waals surface area contributed by atoms with Crippen LogP contribution in [0.4, 0.5) is 0 Å². The van der Waals surface area contributed by atoms with Gasteiger partial charge in [-0.25, -0.2) is 0 Å². The summed E-state index contributed by atoms with van der Waals surface area (Å²) in [6, 6.07) is 0. The Kier molecular flexibility index (Phi) is 26.4. The first-order chi connectivity index (χ1) is 19.3. The highest BCUT2D eigenvalue weighted by Crippen LogP contribution is 2.14. The van der Waals surface area contributed by atoms with Crippen LogP contribution < -0.4 is 21.3 Å². The second-order valence-corrected chi connectivity index (χ2v) is 10.9. The fourth-order valence-corrected chi connectivity index (χ4v) is 4.30. The van der Waals surface area contributed by atoms with E-state index < -0.39 is 5.54 Å². The van der Waals surface area contributed by atoms with Gasteiger partial charge in [-0.2, -0.15) is 0 Å². The van der Waals surface area contributed by atoms with E-state index in [0.29, 0.717) is 89.0 Å². The number of rotatable bonds is 30. The Hall–Kier alpha value is -0.870. The molecule has 234 valence electrons. The van der Waals surface area contributed by atoms with Crippen LogP contribution in [-0.4, -0.2) is 94.2 Å². The Morgan fingerprint density at radius 2 is 0.950 bits per heavy atom. The van der Waals surface area contributed by atoms with Gasteiger partial charge in [-0.3, -0.25) is 4.79 Å². The molecule has 8 nitrogen and oxygen atoms in total. The monoisotopic (exact) mass is 646 g/mol. The summed E-state index contributed by atoms with van der Waals surface area (Å²) in [7, 11) is 0. The predicted molar refractivity (Wildman–Crippen MR) is 170 cm³/mol. The third kappa shape index (κ3) is 22.8. The van der Waals surface area contributed by atoms with E-state index in [-0.39, 0.29) is 5.91 Å². The molecule has 40 heavy (non-hydrogen) atoms. The molecule has 0 aliphatic rings. The van der Waals surface area contributed by atoms with Crippen LogP contribution in [0.3, 0.4) is 0 Å². The van der Waals surface area contributed by atoms with Crippen LogP contribution in [-0.2, 0) is 19.0 Å². The summed E-state index contributed by atoms with van der Waals surface area (Å²) >= 11 is 23.1. The first kappa shape index (κ1) is 39.1. The highest BCUT2D eigenvalue weighted by Gasteiger charge is 2.32. The predicted octanol–water partition coefficient (Wildman–Crippen LogP) is 4.89. The molecule has 0 heterocycles. The molecule has 0 aromatic rings. The maximum absolute atomic E-state index is 11.6. The highest BCUT2D eigenvalue weighted by molar-refractivity contribution is 6.19. The summed E-state index contributed by atoms with van der Waals surface area (Å²) < 4.78 is 18.2. The minimum atomic E-state index is -0.656. The molecule has 4 N–H and O–H groups in total. The van der Waals surface area contributed by atoms with Crippen molar-refractivity contribution < 1.29 is 19.0 Å². The van der Waals surface area contributed by atoms with Crippen LogP contribution in [0, 0.1) is 0 Å². The van der Waals surface area contributed by atoms with Gasteiger partial charge in [0.1, 0.15) is 5.54 Å². The molecule has 0 bridgehead atoms. The number of allylic oxidation sites excluding steroid dienone is 3. The van der Waals surface area contributed by atoms with Crippen molar-refractivity contribution in [3.8, 4) is 0 Å². The van der Waals surface area contributed by atoms with Gasteiger partial charge in [-0.15, -0.1) is 46.4 Å². The summed E-state index contributed by atoms with van der Waals surface area (Å²) in [6.07, 6.45) is 4.67. The van der Waals surface area contributed by atoms with E-state index in [0.717, 1.165) is 55.9 Å². The lowest BCUT2D eigenvalue weighted by Gasteiger charge is -2.36. The molecule has 0 aromatic carbocycles. The van der Waals surface area contributed by atoms with Crippen molar-refractivity contribution >= 4 is 52.3 Å². The minimum Gasteiger partial charge on any atom is -0.389 e. The van der Waals surface area contributed by atoms with Crippen molar-refractivity contribution in [2.75, 3.05) is 82.8 Å². The van der Waals surface area contributed by atoms with Gasteiger partial charge in [0.05, 0.1) is 19.8 Å². The Bertz CT molecular complexity index is 627. The second-order valence-electron chi connectivity index (χ2n) is 9.39. The molecule has 0 saturated heterocycles. The van der Waals surface area contributed by atoms with E-state index in [9.17, 15) is 4.79 Å². The Morgan fingerprint density at radius 3 is 1.35 bits per heavy atom. The summed E-state index contributed by atoms with van der Waals surface area (Å²) in [4.78, 5) is 11.6. The quantitative estimate of drug-likeness (QED) is 0.0652. The number of halogens is 4. The van der Waals surface area contributed by atoms with Crippen LogP contribution in [0.25, 0.3) is 0 Å². The van der Waals surface area contributed by atoms with Gasteiger partial charge in [0, 0.05) is 106 Å². The zero-order chi connectivity index (χ0) is 29.9. The lowest BCUT2D eigenvalue weighted by molar-refractivity contribution is -0.120. The largest absolute Gasteiger partial charge is 0.389 e. The number of ether oxygens (including phenoxy) is 3. The van der Waals surface area contributed by atoms with Crippen molar-refractivity contribution in [2.45, 2.75) is 50.5 Å². The molecule has 0 rings (SSSR count). The molecular weight excluding hydrogens is 598 g/mol. The fraction of sp³-hybridized carbons (Fsp3) is 0.750. The maximum Gasteiger partial charge on any atom is 0.221 e. The van der Waals surface area contributed by atoms with E-state index >= 15 is 0 Å². The molecule has 0 fully saturated rings. The zero-order valence-electron chi connectivity index (χ0n) is 23.9. The number of amides is 1. The highest BCUT2D eigenvalue weighted by atomic mass is 35.5. The topological polar surface area (TPSA) is 92.9 Å². The molecule has 0 spiro atoms. The summed E-state index contributed by atoms with van der Waals surface area (Å²) in [5.74, 6) is 1.77. The molecule has 0 aliphatic heterocycles. The van der Waals surface area contributed by atoms with E-state index in [2.05, 4.69) is 41.0 Å². The maximum atomic E-state index is 11.6. The lowest BCUT2D eigenvalue weighted by atomic mass is 10.0. The number of alkyl halides is 4. The van der Waals surface area contributed by atoms with Crippen LogP contribution in [0.2, 0.25) is 0 Å². The van der Waals surface area contributed by atoms with Gasteiger partial charge >= 0.3 is 0 Å². The van der Waals surface area contributed by atoms with Crippen LogP contribution in [0.15, 0.2) is 36.8 Å². The van der Waals surface area contributed by atoms with E-state index in [1.54, 1.807) is 0 Å². The fourth-order valence-electron chi connectivity index (χ4n) is 3.45. The third-order valence-electron chi connectivity index (χ3n) is 5.56. The van der Waals surface area contributed by atoms with Gasteiger partial charge in [0.15, 0.2) is 0 Å². The van der Waals surface area contributed by atoms with E-state index in [1.165, 1.54) is 0 Å². The van der Waals surface area contributed by atoms with Crippen LogP contribution in [0.1, 0.15) is 44.9 Å². The third-order valence-corrected chi connectivity index (χ3v) is 6.31. The van der Waals surface area contributed by atoms with E-state index in [4.69, 9.17) is 60.6 Å². The normalized spacial score (nSPS) is 11.2. The molecule has 0 aromatic heterocycles. The minimum absolute atomic E-state index is 0.0633. The van der Waals surface area contributed by atoms with Crippen LogP contribution in [0.5, 0.6) is 0 Å². The van der Waals surface area contributed by atoms with Crippen molar-refractivity contribution in [1.82, 2.24) is 21.3 Å². The Balaban J connectivity index is 4.99. The van der Waals surface area contributed by atoms with Gasteiger partial charge < -0.3 is 35.5 Å². The van der Waals surface area contributed by atoms with Gasteiger partial charge in [-0.1, -0.05) is 19.7 Å². The second kappa shape index (κ2) is 27.0. The smallest absolute Gasteiger partial charge is 0.221 e. The van der Waals surface area contributed by atoms with E-state index in [1.807, 2.05) is 0 Å². The lowest BCUT2D eigenvalue weighted by Crippen LogP contribution is -2.56. The molecule has 0 radical (unpaired) electrons. The molecule has 0 aliphatic carbocycles. The van der Waals surface area contributed by atoms with Crippen molar-refractivity contribution in [2.24, 2.45) is 0 Å². The van der Waals surface area contributed by atoms with Crippen molar-refractivity contribution in [3.63, 3.8) is 0 Å². The summed E-state index contributed by atoms with van der Waals surface area (Å²) in [5, 5.41) is 12.8. The number of nitrogens with one attached hydrogen (secondary N) is 4. The number of hydrogen-bond donors (Lipinski definition) is 4. The first-order valence-electron chi connectivity index (χ1n) is 13.9. The summed E-state index contributed by atoms with van der Waals surface area (Å²) in [6.45, 7) is 16.7. The van der Waals surface area contributed by atoms with Crippen LogP contribution >= 0.6 is 46.4 Å². The summed E-state index contributed by atoms with van der Waals surface area (Å²) in [5.41, 5.74) is 1.97. The molecule has 0 unspecified atom stereocenters. The number of hydrogen-bond acceptors (Lipinski definition) is 7. The van der Waals surface area contributed by atoms with Crippen molar-refractivity contribution in [1.29, 1.82) is 0 Å². The molecular formula is C28H50Cl4N4O4. The Labute approximate surface area is 261 Å².